The Hall–Kier alpha value is -2.21. The molecule has 1 aliphatic heterocycles. The van der Waals surface area contributed by atoms with Crippen molar-refractivity contribution in [3.05, 3.63) is 47.5 Å². The van der Waals surface area contributed by atoms with Gasteiger partial charge in [-0.05, 0) is 50.2 Å². The first-order valence-electron chi connectivity index (χ1n) is 6.93. The van der Waals surface area contributed by atoms with Crippen LogP contribution >= 0.6 is 0 Å². The van der Waals surface area contributed by atoms with Gasteiger partial charge in [0.05, 0.1) is 17.6 Å². The molecule has 1 aromatic heterocycles. The molecular weight excluding hydrogens is 273 g/mol. The molecule has 0 radical (unpaired) electrons. The number of carbonyl (C=O) groups is 1. The Balaban J connectivity index is 1.99. The summed E-state index contributed by atoms with van der Waals surface area (Å²) in [6, 6.07) is 5.89. The monoisotopic (exact) mass is 289 g/mol. The number of aromatic nitrogens is 2. The summed E-state index contributed by atoms with van der Waals surface area (Å²) in [7, 11) is 0. The number of rotatable bonds is 4. The van der Waals surface area contributed by atoms with Gasteiger partial charge in [-0.25, -0.2) is 13.9 Å². The van der Waals surface area contributed by atoms with E-state index in [2.05, 4.69) is 10.00 Å². The summed E-state index contributed by atoms with van der Waals surface area (Å²) in [6.45, 7) is 2.47. The van der Waals surface area contributed by atoms with E-state index in [1.807, 2.05) is 0 Å². The van der Waals surface area contributed by atoms with Crippen LogP contribution in [0.3, 0.4) is 0 Å². The Labute approximate surface area is 121 Å². The fraction of sp³-hybridized carbons (Fsp3) is 0.333. The second-order valence-corrected chi connectivity index (χ2v) is 5.18. The fourth-order valence-electron chi connectivity index (χ4n) is 2.66. The van der Waals surface area contributed by atoms with Crippen LogP contribution in [-0.4, -0.2) is 38.8 Å². The molecule has 0 amide bonds. The SMILES string of the molecule is O=C(O)c1cnn(-c2ccc(F)cc2)c1CN1CCCC1. The van der Waals surface area contributed by atoms with E-state index < -0.39 is 5.97 Å². The van der Waals surface area contributed by atoms with Gasteiger partial charge in [-0.1, -0.05) is 0 Å². The van der Waals surface area contributed by atoms with Gasteiger partial charge in [-0.3, -0.25) is 4.90 Å². The van der Waals surface area contributed by atoms with E-state index in [0.717, 1.165) is 25.9 Å². The van der Waals surface area contributed by atoms with Crippen LogP contribution in [0.25, 0.3) is 5.69 Å². The van der Waals surface area contributed by atoms with E-state index >= 15 is 0 Å². The Morgan fingerprint density at radius 3 is 2.52 bits per heavy atom. The van der Waals surface area contributed by atoms with E-state index in [1.165, 1.54) is 18.3 Å². The topological polar surface area (TPSA) is 58.4 Å². The molecule has 0 spiro atoms. The highest BCUT2D eigenvalue weighted by Crippen LogP contribution is 2.20. The van der Waals surface area contributed by atoms with Gasteiger partial charge in [0.2, 0.25) is 0 Å². The first-order valence-corrected chi connectivity index (χ1v) is 6.93. The summed E-state index contributed by atoms with van der Waals surface area (Å²) < 4.78 is 14.6. The highest BCUT2D eigenvalue weighted by atomic mass is 19.1. The molecule has 6 heteroatoms. The van der Waals surface area contributed by atoms with E-state index in [1.54, 1.807) is 16.8 Å². The van der Waals surface area contributed by atoms with E-state index in [-0.39, 0.29) is 11.4 Å². The third-order valence-corrected chi connectivity index (χ3v) is 3.74. The second kappa shape index (κ2) is 5.65. The zero-order chi connectivity index (χ0) is 14.8. The predicted octanol–water partition coefficient (Wildman–Crippen LogP) is 2.31. The molecule has 0 unspecified atom stereocenters. The van der Waals surface area contributed by atoms with Crippen molar-refractivity contribution in [3.8, 4) is 5.69 Å². The van der Waals surface area contributed by atoms with Gasteiger partial charge >= 0.3 is 5.97 Å². The predicted molar refractivity (Wildman–Crippen MR) is 75.0 cm³/mol. The Bertz CT molecular complexity index is 645. The highest BCUT2D eigenvalue weighted by molar-refractivity contribution is 5.88. The van der Waals surface area contributed by atoms with Crippen LogP contribution in [0.5, 0.6) is 0 Å². The number of nitrogens with zero attached hydrogens (tertiary/aromatic N) is 3. The highest BCUT2D eigenvalue weighted by Gasteiger charge is 2.21. The normalized spacial score (nSPS) is 15.5. The number of benzene rings is 1. The van der Waals surface area contributed by atoms with Gasteiger partial charge in [-0.2, -0.15) is 5.10 Å². The average molecular weight is 289 g/mol. The molecule has 1 N–H and O–H groups in total. The first kappa shape index (κ1) is 13.8. The van der Waals surface area contributed by atoms with Gasteiger partial charge in [-0.15, -0.1) is 0 Å². The molecule has 0 bridgehead atoms. The largest absolute Gasteiger partial charge is 0.478 e. The van der Waals surface area contributed by atoms with Gasteiger partial charge in [0.25, 0.3) is 0 Å². The average Bonchev–Trinajstić information content (AvgIpc) is 3.10. The number of halogens is 1. The van der Waals surface area contributed by atoms with Crippen molar-refractivity contribution >= 4 is 5.97 Å². The molecule has 0 saturated carbocycles. The van der Waals surface area contributed by atoms with Crippen LogP contribution in [-0.2, 0) is 6.54 Å². The van der Waals surface area contributed by atoms with Crippen LogP contribution < -0.4 is 0 Å². The molecule has 21 heavy (non-hydrogen) atoms. The van der Waals surface area contributed by atoms with Crippen molar-refractivity contribution in [2.24, 2.45) is 0 Å². The summed E-state index contributed by atoms with van der Waals surface area (Å²) >= 11 is 0. The third-order valence-electron chi connectivity index (χ3n) is 3.74. The number of hydrogen-bond acceptors (Lipinski definition) is 3. The zero-order valence-electron chi connectivity index (χ0n) is 11.5. The van der Waals surface area contributed by atoms with Crippen LogP contribution in [0.2, 0.25) is 0 Å². The molecule has 1 aromatic carbocycles. The standard InChI is InChI=1S/C15H16FN3O2/c16-11-3-5-12(6-4-11)19-14(10-18-7-1-2-8-18)13(9-17-19)15(20)21/h3-6,9H,1-2,7-8,10H2,(H,20,21). The molecule has 3 rings (SSSR count). The van der Waals surface area contributed by atoms with Crippen molar-refractivity contribution in [3.63, 3.8) is 0 Å². The quantitative estimate of drug-likeness (QED) is 0.938. The van der Waals surface area contributed by atoms with Crippen LogP contribution in [0.1, 0.15) is 28.9 Å². The van der Waals surface area contributed by atoms with E-state index in [9.17, 15) is 14.3 Å². The Morgan fingerprint density at radius 2 is 1.90 bits per heavy atom. The Kier molecular flexibility index (Phi) is 3.70. The molecule has 0 atom stereocenters. The number of carboxylic acid groups (broad SMARTS) is 1. The smallest absolute Gasteiger partial charge is 0.339 e. The lowest BCUT2D eigenvalue weighted by molar-refractivity contribution is 0.0694. The summed E-state index contributed by atoms with van der Waals surface area (Å²) in [4.78, 5) is 13.6. The summed E-state index contributed by atoms with van der Waals surface area (Å²) in [5.74, 6) is -1.32. The molecule has 2 aromatic rings. The van der Waals surface area contributed by atoms with Gasteiger partial charge < -0.3 is 5.11 Å². The van der Waals surface area contributed by atoms with E-state index in [0.29, 0.717) is 17.9 Å². The van der Waals surface area contributed by atoms with Gasteiger partial charge in [0.1, 0.15) is 11.4 Å². The minimum absolute atomic E-state index is 0.200. The minimum atomic E-state index is -0.988. The molecule has 5 nitrogen and oxygen atoms in total. The molecule has 1 aliphatic rings. The van der Waals surface area contributed by atoms with Crippen molar-refractivity contribution in [1.82, 2.24) is 14.7 Å². The van der Waals surface area contributed by atoms with Crippen molar-refractivity contribution in [2.45, 2.75) is 19.4 Å². The summed E-state index contributed by atoms with van der Waals surface area (Å²) in [5.41, 5.74) is 1.50. The first-order chi connectivity index (χ1) is 10.1. The van der Waals surface area contributed by atoms with Crippen molar-refractivity contribution < 1.29 is 14.3 Å². The number of hydrogen-bond donors (Lipinski definition) is 1. The molecule has 0 aliphatic carbocycles. The molecule has 1 saturated heterocycles. The summed E-state index contributed by atoms with van der Waals surface area (Å²) in [6.07, 6.45) is 3.62. The third kappa shape index (κ3) is 2.80. The van der Waals surface area contributed by atoms with Crippen molar-refractivity contribution in [1.29, 1.82) is 0 Å². The zero-order valence-corrected chi connectivity index (χ0v) is 11.5. The van der Waals surface area contributed by atoms with Gasteiger partial charge in [0, 0.05) is 6.54 Å². The maximum absolute atomic E-state index is 13.0. The Morgan fingerprint density at radius 1 is 1.24 bits per heavy atom. The number of aromatic carboxylic acids is 1. The molecular formula is C15H16FN3O2. The molecule has 2 heterocycles. The maximum Gasteiger partial charge on any atom is 0.339 e. The van der Waals surface area contributed by atoms with Crippen LogP contribution in [0.15, 0.2) is 30.5 Å². The van der Waals surface area contributed by atoms with Crippen LogP contribution in [0.4, 0.5) is 4.39 Å². The lowest BCUT2D eigenvalue weighted by atomic mass is 10.2. The van der Waals surface area contributed by atoms with Crippen LogP contribution in [0, 0.1) is 5.82 Å². The molecule has 110 valence electrons. The fourth-order valence-corrected chi connectivity index (χ4v) is 2.66. The maximum atomic E-state index is 13.0. The lowest BCUT2D eigenvalue weighted by Crippen LogP contribution is -2.22. The second-order valence-electron chi connectivity index (χ2n) is 5.18. The summed E-state index contributed by atoms with van der Waals surface area (Å²) in [5, 5.41) is 13.5. The number of likely N-dealkylation sites (tertiary alicyclic amines) is 1. The van der Waals surface area contributed by atoms with Crippen molar-refractivity contribution in [2.75, 3.05) is 13.1 Å². The number of carboxylic acids is 1. The van der Waals surface area contributed by atoms with Gasteiger partial charge in [0.15, 0.2) is 0 Å². The molecule has 1 fully saturated rings. The van der Waals surface area contributed by atoms with E-state index in [4.69, 9.17) is 0 Å². The lowest BCUT2D eigenvalue weighted by Gasteiger charge is -2.16. The minimum Gasteiger partial charge on any atom is -0.478 e.